The van der Waals surface area contributed by atoms with E-state index >= 15 is 0 Å². The summed E-state index contributed by atoms with van der Waals surface area (Å²) in [6, 6.07) is 6.16. The molecule has 0 saturated heterocycles. The van der Waals surface area contributed by atoms with E-state index in [1.54, 1.807) is 0 Å². The topological polar surface area (TPSA) is 20.2 Å². The Labute approximate surface area is 116 Å². The SMILES string of the molecule is CC1CCCC(Sc2ccc(CO)cc2Br)C1. The summed E-state index contributed by atoms with van der Waals surface area (Å²) in [5, 5.41) is 9.84. The summed E-state index contributed by atoms with van der Waals surface area (Å²) >= 11 is 5.58. The molecule has 1 aliphatic rings. The van der Waals surface area contributed by atoms with E-state index < -0.39 is 0 Å². The number of aliphatic hydroxyl groups excluding tert-OH is 1. The van der Waals surface area contributed by atoms with Crippen molar-refractivity contribution in [1.29, 1.82) is 0 Å². The molecule has 0 spiro atoms. The minimum absolute atomic E-state index is 0.115. The molecular formula is C14H19BrOS. The van der Waals surface area contributed by atoms with Crippen molar-refractivity contribution < 1.29 is 5.11 Å². The van der Waals surface area contributed by atoms with Gasteiger partial charge in [0.15, 0.2) is 0 Å². The Morgan fingerprint density at radius 1 is 1.41 bits per heavy atom. The highest BCUT2D eigenvalue weighted by atomic mass is 79.9. The van der Waals surface area contributed by atoms with E-state index in [2.05, 4.69) is 28.9 Å². The average molecular weight is 315 g/mol. The molecule has 1 nitrogen and oxygen atoms in total. The maximum absolute atomic E-state index is 9.08. The van der Waals surface area contributed by atoms with Gasteiger partial charge in [0.25, 0.3) is 0 Å². The molecule has 1 saturated carbocycles. The first kappa shape index (κ1) is 13.4. The van der Waals surface area contributed by atoms with Crippen LogP contribution >= 0.6 is 27.7 Å². The summed E-state index contributed by atoms with van der Waals surface area (Å²) in [5.41, 5.74) is 0.971. The number of halogens is 1. The number of thioether (sulfide) groups is 1. The third kappa shape index (κ3) is 3.73. The molecule has 1 N–H and O–H groups in total. The standard InChI is InChI=1S/C14H19BrOS/c1-10-3-2-4-12(7-10)17-14-6-5-11(9-16)8-13(14)15/h5-6,8,10,12,16H,2-4,7,9H2,1H3. The minimum Gasteiger partial charge on any atom is -0.392 e. The van der Waals surface area contributed by atoms with Crippen LogP contribution in [0.1, 0.15) is 38.2 Å². The Morgan fingerprint density at radius 2 is 2.24 bits per heavy atom. The Morgan fingerprint density at radius 3 is 2.88 bits per heavy atom. The highest BCUT2D eigenvalue weighted by Gasteiger charge is 2.20. The van der Waals surface area contributed by atoms with Crippen LogP contribution in [0, 0.1) is 5.92 Å². The lowest BCUT2D eigenvalue weighted by atomic mass is 9.91. The number of hydrogen-bond acceptors (Lipinski definition) is 2. The monoisotopic (exact) mass is 314 g/mol. The maximum Gasteiger partial charge on any atom is 0.0682 e. The van der Waals surface area contributed by atoms with Gasteiger partial charge in [0, 0.05) is 14.6 Å². The van der Waals surface area contributed by atoms with Crippen molar-refractivity contribution >= 4 is 27.7 Å². The third-order valence-corrected chi connectivity index (χ3v) is 5.65. The van der Waals surface area contributed by atoms with Crippen molar-refractivity contribution in [3.8, 4) is 0 Å². The second-order valence-electron chi connectivity index (χ2n) is 4.93. The van der Waals surface area contributed by atoms with E-state index in [1.807, 2.05) is 23.9 Å². The second kappa shape index (κ2) is 6.26. The molecule has 2 unspecified atom stereocenters. The average Bonchev–Trinajstić information content (AvgIpc) is 2.32. The van der Waals surface area contributed by atoms with Crippen LogP contribution in [0.5, 0.6) is 0 Å². The molecule has 0 bridgehead atoms. The Bertz CT molecular complexity index is 380. The number of rotatable bonds is 3. The molecule has 1 fully saturated rings. The van der Waals surface area contributed by atoms with Crippen LogP contribution in [-0.4, -0.2) is 10.4 Å². The fraction of sp³-hybridized carbons (Fsp3) is 0.571. The fourth-order valence-corrected chi connectivity index (χ4v) is 4.50. The summed E-state index contributed by atoms with van der Waals surface area (Å²) in [6.45, 7) is 2.47. The van der Waals surface area contributed by atoms with E-state index in [0.717, 1.165) is 21.2 Å². The van der Waals surface area contributed by atoms with Crippen LogP contribution in [0.25, 0.3) is 0 Å². The van der Waals surface area contributed by atoms with E-state index in [0.29, 0.717) is 0 Å². The second-order valence-corrected chi connectivity index (χ2v) is 7.13. The Kier molecular flexibility index (Phi) is 4.95. The molecule has 17 heavy (non-hydrogen) atoms. The zero-order valence-corrected chi connectivity index (χ0v) is 12.6. The Balaban J connectivity index is 2.02. The lowest BCUT2D eigenvalue weighted by Gasteiger charge is -2.26. The van der Waals surface area contributed by atoms with Gasteiger partial charge in [0.05, 0.1) is 6.61 Å². The molecule has 0 aromatic heterocycles. The number of hydrogen-bond donors (Lipinski definition) is 1. The van der Waals surface area contributed by atoms with Gasteiger partial charge in [-0.25, -0.2) is 0 Å². The quantitative estimate of drug-likeness (QED) is 0.879. The van der Waals surface area contributed by atoms with Gasteiger partial charge in [-0.2, -0.15) is 0 Å². The van der Waals surface area contributed by atoms with Crippen molar-refractivity contribution in [2.75, 3.05) is 0 Å². The first-order chi connectivity index (χ1) is 8.19. The van der Waals surface area contributed by atoms with E-state index in [1.165, 1.54) is 30.6 Å². The molecule has 0 radical (unpaired) electrons. The van der Waals surface area contributed by atoms with Gasteiger partial charge in [-0.1, -0.05) is 25.8 Å². The molecule has 0 heterocycles. The van der Waals surface area contributed by atoms with Crippen molar-refractivity contribution in [2.45, 2.75) is 49.4 Å². The van der Waals surface area contributed by atoms with Crippen LogP contribution in [0.3, 0.4) is 0 Å². The molecule has 0 amide bonds. The van der Waals surface area contributed by atoms with E-state index in [-0.39, 0.29) is 6.61 Å². The van der Waals surface area contributed by atoms with Gasteiger partial charge in [-0.3, -0.25) is 0 Å². The molecule has 2 rings (SSSR count). The largest absolute Gasteiger partial charge is 0.392 e. The fourth-order valence-electron chi connectivity index (χ4n) is 2.40. The zero-order chi connectivity index (χ0) is 12.3. The van der Waals surface area contributed by atoms with Gasteiger partial charge >= 0.3 is 0 Å². The molecular weight excluding hydrogens is 296 g/mol. The zero-order valence-electron chi connectivity index (χ0n) is 10.2. The lowest BCUT2D eigenvalue weighted by molar-refractivity contribution is 0.281. The van der Waals surface area contributed by atoms with Crippen LogP contribution in [0.15, 0.2) is 27.6 Å². The molecule has 0 aliphatic heterocycles. The summed E-state index contributed by atoms with van der Waals surface area (Å²) in [5.74, 6) is 0.872. The van der Waals surface area contributed by atoms with E-state index in [9.17, 15) is 0 Å². The van der Waals surface area contributed by atoms with Crippen LogP contribution in [0.4, 0.5) is 0 Å². The number of aliphatic hydroxyl groups is 1. The summed E-state index contributed by atoms with van der Waals surface area (Å²) in [7, 11) is 0. The first-order valence-corrected chi connectivity index (χ1v) is 7.92. The third-order valence-electron chi connectivity index (χ3n) is 3.36. The van der Waals surface area contributed by atoms with Crippen molar-refractivity contribution in [1.82, 2.24) is 0 Å². The van der Waals surface area contributed by atoms with Crippen LogP contribution < -0.4 is 0 Å². The van der Waals surface area contributed by atoms with Crippen molar-refractivity contribution in [3.05, 3.63) is 28.2 Å². The molecule has 2 atom stereocenters. The molecule has 1 aromatic rings. The molecule has 94 valence electrons. The van der Waals surface area contributed by atoms with Gasteiger partial charge in [0.1, 0.15) is 0 Å². The molecule has 1 aromatic carbocycles. The van der Waals surface area contributed by atoms with Gasteiger partial charge in [-0.15, -0.1) is 11.8 Å². The van der Waals surface area contributed by atoms with Crippen LogP contribution in [0.2, 0.25) is 0 Å². The van der Waals surface area contributed by atoms with E-state index in [4.69, 9.17) is 5.11 Å². The maximum atomic E-state index is 9.08. The smallest absolute Gasteiger partial charge is 0.0682 e. The summed E-state index contributed by atoms with van der Waals surface area (Å²) in [6.07, 6.45) is 5.43. The van der Waals surface area contributed by atoms with Gasteiger partial charge in [-0.05, 0) is 52.4 Å². The highest BCUT2D eigenvalue weighted by Crippen LogP contribution is 2.39. The molecule has 3 heteroatoms. The summed E-state index contributed by atoms with van der Waals surface area (Å²) in [4.78, 5) is 1.31. The van der Waals surface area contributed by atoms with Crippen molar-refractivity contribution in [2.24, 2.45) is 5.92 Å². The predicted octanol–water partition coefficient (Wildman–Crippen LogP) is 4.61. The van der Waals surface area contributed by atoms with Crippen LogP contribution in [-0.2, 0) is 6.61 Å². The summed E-state index contributed by atoms with van der Waals surface area (Å²) < 4.78 is 1.12. The van der Waals surface area contributed by atoms with Gasteiger partial charge in [0.2, 0.25) is 0 Å². The normalized spacial score (nSPS) is 24.9. The predicted molar refractivity (Wildman–Crippen MR) is 77.3 cm³/mol. The number of benzene rings is 1. The first-order valence-electron chi connectivity index (χ1n) is 6.25. The highest BCUT2D eigenvalue weighted by molar-refractivity contribution is 9.10. The molecule has 1 aliphatic carbocycles. The minimum atomic E-state index is 0.115. The Hall–Kier alpha value is 0.01000. The lowest BCUT2D eigenvalue weighted by Crippen LogP contribution is -2.14. The van der Waals surface area contributed by atoms with Crippen molar-refractivity contribution in [3.63, 3.8) is 0 Å². The van der Waals surface area contributed by atoms with Gasteiger partial charge < -0.3 is 5.11 Å².